The van der Waals surface area contributed by atoms with Crippen molar-refractivity contribution in [3.63, 3.8) is 0 Å². The molecule has 0 spiro atoms. The standard InChI is InChI=1S/C6H8N2OS/c1-2-6(9)10-8-4-3-7-5-8/h2,5H,1,3-4H2. The summed E-state index contributed by atoms with van der Waals surface area (Å²) in [6.45, 7) is 4.97. The number of aliphatic imine (C=N–C) groups is 1. The van der Waals surface area contributed by atoms with Crippen molar-refractivity contribution in [3.8, 4) is 0 Å². The molecule has 0 aromatic rings. The molecule has 0 aromatic carbocycles. The first kappa shape index (κ1) is 7.34. The molecule has 0 atom stereocenters. The van der Waals surface area contributed by atoms with Gasteiger partial charge in [-0.05, 0) is 6.08 Å². The average Bonchev–Trinajstić information content (AvgIpc) is 2.40. The van der Waals surface area contributed by atoms with Crippen LogP contribution in [-0.2, 0) is 4.79 Å². The van der Waals surface area contributed by atoms with Crippen molar-refractivity contribution >= 4 is 23.4 Å². The third-order valence-electron chi connectivity index (χ3n) is 1.03. The molecular weight excluding hydrogens is 148 g/mol. The number of carbonyl (C=O) groups excluding carboxylic acids is 1. The molecule has 0 N–H and O–H groups in total. The van der Waals surface area contributed by atoms with E-state index >= 15 is 0 Å². The number of rotatable bonds is 2. The summed E-state index contributed by atoms with van der Waals surface area (Å²) in [5.74, 6) is 0. The van der Waals surface area contributed by atoms with E-state index in [0.717, 1.165) is 25.0 Å². The molecular formula is C6H8N2OS. The largest absolute Gasteiger partial charge is 0.298 e. The highest BCUT2D eigenvalue weighted by Gasteiger charge is 2.08. The predicted octanol–water partition coefficient (Wildman–Crippen LogP) is 0.691. The molecule has 0 bridgehead atoms. The summed E-state index contributed by atoms with van der Waals surface area (Å²) in [5.41, 5.74) is 0. The lowest BCUT2D eigenvalue weighted by atomic mass is 10.7. The van der Waals surface area contributed by atoms with Crippen LogP contribution in [0.15, 0.2) is 17.6 Å². The van der Waals surface area contributed by atoms with E-state index in [1.54, 1.807) is 10.6 Å². The van der Waals surface area contributed by atoms with Gasteiger partial charge in [-0.15, -0.1) is 0 Å². The lowest BCUT2D eigenvalue weighted by Gasteiger charge is -2.07. The smallest absolute Gasteiger partial charge is 0.231 e. The Morgan fingerprint density at radius 1 is 1.90 bits per heavy atom. The SMILES string of the molecule is C=CC(=O)SN1C=NCC1. The average molecular weight is 156 g/mol. The van der Waals surface area contributed by atoms with Crippen LogP contribution >= 0.6 is 11.9 Å². The fourth-order valence-electron chi connectivity index (χ4n) is 0.585. The molecule has 1 aliphatic heterocycles. The van der Waals surface area contributed by atoms with E-state index in [-0.39, 0.29) is 5.12 Å². The molecule has 4 heteroatoms. The minimum absolute atomic E-state index is 0.0339. The van der Waals surface area contributed by atoms with E-state index < -0.39 is 0 Å². The van der Waals surface area contributed by atoms with Crippen molar-refractivity contribution in [1.82, 2.24) is 4.31 Å². The maximum atomic E-state index is 10.7. The van der Waals surface area contributed by atoms with Gasteiger partial charge < -0.3 is 0 Å². The maximum Gasteiger partial charge on any atom is 0.231 e. The molecule has 0 aromatic heterocycles. The van der Waals surface area contributed by atoms with Crippen molar-refractivity contribution in [2.75, 3.05) is 13.1 Å². The number of hydrogen-bond donors (Lipinski definition) is 0. The van der Waals surface area contributed by atoms with E-state index in [9.17, 15) is 4.79 Å². The van der Waals surface area contributed by atoms with Gasteiger partial charge in [-0.1, -0.05) is 6.58 Å². The number of carbonyl (C=O) groups is 1. The van der Waals surface area contributed by atoms with Crippen LogP contribution in [0.25, 0.3) is 0 Å². The summed E-state index contributed by atoms with van der Waals surface area (Å²) in [6, 6.07) is 0. The molecule has 0 unspecified atom stereocenters. The van der Waals surface area contributed by atoms with Gasteiger partial charge in [-0.25, -0.2) is 0 Å². The first-order valence-corrected chi connectivity index (χ1v) is 3.71. The molecule has 0 amide bonds. The van der Waals surface area contributed by atoms with Crippen molar-refractivity contribution in [1.29, 1.82) is 0 Å². The summed E-state index contributed by atoms with van der Waals surface area (Å²) in [7, 11) is 0. The highest BCUT2D eigenvalue weighted by molar-refractivity contribution is 8.12. The van der Waals surface area contributed by atoms with Crippen LogP contribution in [0.4, 0.5) is 0 Å². The van der Waals surface area contributed by atoms with Gasteiger partial charge in [0.25, 0.3) is 0 Å². The fourth-order valence-corrected chi connectivity index (χ4v) is 1.18. The van der Waals surface area contributed by atoms with Gasteiger partial charge in [0.05, 0.1) is 19.4 Å². The van der Waals surface area contributed by atoms with Crippen molar-refractivity contribution in [3.05, 3.63) is 12.7 Å². The molecule has 0 saturated heterocycles. The first-order chi connectivity index (χ1) is 4.83. The molecule has 0 fully saturated rings. The minimum atomic E-state index is -0.0339. The summed E-state index contributed by atoms with van der Waals surface area (Å²) in [4.78, 5) is 14.7. The van der Waals surface area contributed by atoms with Gasteiger partial charge in [-0.3, -0.25) is 14.1 Å². The van der Waals surface area contributed by atoms with Crippen LogP contribution in [0, 0.1) is 0 Å². The quantitative estimate of drug-likeness (QED) is 0.435. The van der Waals surface area contributed by atoms with Crippen LogP contribution < -0.4 is 0 Å². The summed E-state index contributed by atoms with van der Waals surface area (Å²) in [6.07, 6.45) is 2.98. The molecule has 1 heterocycles. The monoisotopic (exact) mass is 156 g/mol. The Morgan fingerprint density at radius 2 is 2.70 bits per heavy atom. The van der Waals surface area contributed by atoms with E-state index in [2.05, 4.69) is 11.6 Å². The Labute approximate surface area is 63.9 Å². The van der Waals surface area contributed by atoms with Gasteiger partial charge in [-0.2, -0.15) is 0 Å². The zero-order chi connectivity index (χ0) is 7.40. The third kappa shape index (κ3) is 1.88. The lowest BCUT2D eigenvalue weighted by molar-refractivity contribution is -0.107. The van der Waals surface area contributed by atoms with E-state index in [4.69, 9.17) is 0 Å². The van der Waals surface area contributed by atoms with Crippen molar-refractivity contribution < 1.29 is 4.79 Å². The molecule has 1 rings (SSSR count). The Bertz CT molecular complexity index is 179. The number of nitrogens with zero attached hydrogens (tertiary/aromatic N) is 2. The Balaban J connectivity index is 2.31. The van der Waals surface area contributed by atoms with Crippen LogP contribution in [0.2, 0.25) is 0 Å². The Kier molecular flexibility index (Phi) is 2.50. The maximum absolute atomic E-state index is 10.7. The topological polar surface area (TPSA) is 32.7 Å². The zero-order valence-electron chi connectivity index (χ0n) is 5.49. The second-order valence-corrected chi connectivity index (χ2v) is 2.83. The first-order valence-electron chi connectivity index (χ1n) is 2.94. The highest BCUT2D eigenvalue weighted by Crippen LogP contribution is 2.11. The van der Waals surface area contributed by atoms with Gasteiger partial charge in [0.15, 0.2) is 0 Å². The summed E-state index contributed by atoms with van der Waals surface area (Å²) < 4.78 is 1.80. The lowest BCUT2D eigenvalue weighted by Crippen LogP contribution is -2.12. The molecule has 3 nitrogen and oxygen atoms in total. The summed E-state index contributed by atoms with van der Waals surface area (Å²) in [5, 5.41) is -0.0339. The van der Waals surface area contributed by atoms with Crippen LogP contribution in [0.5, 0.6) is 0 Å². The minimum Gasteiger partial charge on any atom is -0.298 e. The van der Waals surface area contributed by atoms with E-state index in [1.165, 1.54) is 6.08 Å². The summed E-state index contributed by atoms with van der Waals surface area (Å²) >= 11 is 1.13. The van der Waals surface area contributed by atoms with Gasteiger partial charge in [0, 0.05) is 11.9 Å². The zero-order valence-corrected chi connectivity index (χ0v) is 6.30. The predicted molar refractivity (Wildman–Crippen MR) is 42.9 cm³/mol. The Hall–Kier alpha value is -0.770. The highest BCUT2D eigenvalue weighted by atomic mass is 32.2. The van der Waals surface area contributed by atoms with Gasteiger partial charge in [0.2, 0.25) is 5.12 Å². The Morgan fingerprint density at radius 3 is 3.20 bits per heavy atom. The molecule has 54 valence electrons. The van der Waals surface area contributed by atoms with E-state index in [0.29, 0.717) is 0 Å². The molecule has 0 radical (unpaired) electrons. The molecule has 0 aliphatic carbocycles. The second-order valence-electron chi connectivity index (χ2n) is 1.78. The molecule has 0 saturated carbocycles. The van der Waals surface area contributed by atoms with Crippen molar-refractivity contribution in [2.45, 2.75) is 0 Å². The van der Waals surface area contributed by atoms with Gasteiger partial charge >= 0.3 is 0 Å². The fraction of sp³-hybridized carbons (Fsp3) is 0.333. The molecule has 1 aliphatic rings. The van der Waals surface area contributed by atoms with Crippen LogP contribution in [-0.4, -0.2) is 28.8 Å². The normalized spacial score (nSPS) is 15.8. The van der Waals surface area contributed by atoms with Crippen molar-refractivity contribution in [2.24, 2.45) is 4.99 Å². The van der Waals surface area contributed by atoms with Crippen LogP contribution in [0.1, 0.15) is 0 Å². The molecule has 10 heavy (non-hydrogen) atoms. The second kappa shape index (κ2) is 3.41. The van der Waals surface area contributed by atoms with Gasteiger partial charge in [0.1, 0.15) is 0 Å². The number of hydrogen-bond acceptors (Lipinski definition) is 4. The van der Waals surface area contributed by atoms with E-state index in [1.807, 2.05) is 0 Å². The van der Waals surface area contributed by atoms with Crippen LogP contribution in [0.3, 0.4) is 0 Å². The third-order valence-corrected chi connectivity index (χ3v) is 1.89.